The topological polar surface area (TPSA) is 30.2 Å². The molecule has 0 atom stereocenters. The highest BCUT2D eigenvalue weighted by Gasteiger charge is 2.37. The number of nitrogens with zero attached hydrogens (tertiary/aromatic N) is 3. The summed E-state index contributed by atoms with van der Waals surface area (Å²) in [6.45, 7) is 4.81. The highest BCUT2D eigenvalue weighted by Crippen LogP contribution is 2.55. The minimum absolute atomic E-state index is 0.246. The van der Waals surface area contributed by atoms with Crippen molar-refractivity contribution in [3.63, 3.8) is 0 Å². The number of hydrogen-bond acceptors (Lipinski definition) is 2. The molecule has 0 unspecified atom stereocenters. The van der Waals surface area contributed by atoms with Gasteiger partial charge >= 0.3 is 0 Å². The summed E-state index contributed by atoms with van der Waals surface area (Å²) in [4.78, 5) is 9.61. The van der Waals surface area contributed by atoms with Gasteiger partial charge in [0.1, 0.15) is 0 Å². The fraction of sp³-hybridized carbons (Fsp3) is 0.0492. The fourth-order valence-corrected chi connectivity index (χ4v) is 10.8. The van der Waals surface area contributed by atoms with Crippen LogP contribution in [0.15, 0.2) is 213 Å². The Balaban J connectivity index is 1.01. The summed E-state index contributed by atoms with van der Waals surface area (Å²) in [7, 11) is 0. The van der Waals surface area contributed by atoms with Gasteiger partial charge in [0.25, 0.3) is 0 Å². The number of rotatable bonds is 5. The summed E-state index contributed by atoms with van der Waals surface area (Å²) in [5.74, 6) is 0.690. The molecule has 3 heteroatoms. The summed E-state index contributed by atoms with van der Waals surface area (Å²) < 4.78 is 2.08. The SMILES string of the molecule is CC1(C)c2cc(-c3ccc(-c4nc5ncccn5c4-c4ccccc4)cc3)ccc2-c2cc3c(-c4cccc5ccccc45)c4ccccc4c(-c4cccc5ccccc45)c3cc21. The zero-order chi connectivity index (χ0) is 42.5. The first-order valence-electron chi connectivity index (χ1n) is 22.1. The number of benzene rings is 10. The molecule has 0 fully saturated rings. The van der Waals surface area contributed by atoms with Gasteiger partial charge in [0.05, 0.1) is 11.4 Å². The molecule has 2 heterocycles. The third-order valence-corrected chi connectivity index (χ3v) is 13.9. The van der Waals surface area contributed by atoms with E-state index in [1.54, 1.807) is 6.20 Å². The Labute approximate surface area is 371 Å². The molecule has 0 saturated heterocycles. The van der Waals surface area contributed by atoms with E-state index in [0.29, 0.717) is 5.78 Å². The van der Waals surface area contributed by atoms with Gasteiger partial charge in [-0.2, -0.15) is 0 Å². The van der Waals surface area contributed by atoms with Crippen molar-refractivity contribution >= 4 is 48.9 Å². The third kappa shape index (κ3) is 5.41. The van der Waals surface area contributed by atoms with Crippen molar-refractivity contribution < 1.29 is 0 Å². The van der Waals surface area contributed by atoms with Crippen LogP contribution in [0.5, 0.6) is 0 Å². The molecule has 10 aromatic carbocycles. The summed E-state index contributed by atoms with van der Waals surface area (Å²) >= 11 is 0. The van der Waals surface area contributed by atoms with Crippen molar-refractivity contribution in [3.05, 3.63) is 224 Å². The lowest BCUT2D eigenvalue weighted by molar-refractivity contribution is 0.661. The van der Waals surface area contributed by atoms with Crippen LogP contribution >= 0.6 is 0 Å². The molecule has 0 saturated carbocycles. The van der Waals surface area contributed by atoms with Crippen LogP contribution in [0.25, 0.3) is 116 Å². The first-order valence-corrected chi connectivity index (χ1v) is 22.1. The zero-order valence-electron chi connectivity index (χ0n) is 35.5. The quantitative estimate of drug-likeness (QED) is 0.162. The van der Waals surface area contributed by atoms with Crippen molar-refractivity contribution in [2.24, 2.45) is 0 Å². The largest absolute Gasteiger partial charge is 0.283 e. The van der Waals surface area contributed by atoms with Gasteiger partial charge in [-0.25, -0.2) is 9.97 Å². The molecule has 0 radical (unpaired) electrons. The van der Waals surface area contributed by atoms with Gasteiger partial charge in [0.2, 0.25) is 5.78 Å². The van der Waals surface area contributed by atoms with E-state index in [1.807, 2.05) is 18.3 Å². The molecule has 13 rings (SSSR count). The summed E-state index contributed by atoms with van der Waals surface area (Å²) in [6.07, 6.45) is 3.84. The molecule has 0 bridgehead atoms. The lowest BCUT2D eigenvalue weighted by atomic mass is 9.78. The van der Waals surface area contributed by atoms with Crippen LogP contribution in [-0.2, 0) is 5.41 Å². The molecule has 0 N–H and O–H groups in total. The lowest BCUT2D eigenvalue weighted by Gasteiger charge is -2.24. The second kappa shape index (κ2) is 13.9. The lowest BCUT2D eigenvalue weighted by Crippen LogP contribution is -2.15. The van der Waals surface area contributed by atoms with Gasteiger partial charge in [-0.05, 0) is 123 Å². The van der Waals surface area contributed by atoms with Crippen molar-refractivity contribution in [3.8, 4) is 67.0 Å². The minimum atomic E-state index is -0.246. The van der Waals surface area contributed by atoms with Gasteiger partial charge in [-0.3, -0.25) is 4.40 Å². The van der Waals surface area contributed by atoms with Crippen LogP contribution in [0.3, 0.4) is 0 Å². The van der Waals surface area contributed by atoms with Gasteiger partial charge in [0, 0.05) is 28.9 Å². The standard InChI is InChI=1S/C61H41N3/c1-61(2)54-35-43(38-27-29-41(30-28-38)58-59(42-17-4-3-5-18-42)64-34-14-33-62-60(64)63-58)31-32-46(54)51-36-52-53(37-55(51)61)57(48-26-13-20-40-16-7-9-22-45(40)48)50-24-11-10-23-49(50)56(52)47-25-12-19-39-15-6-8-21-44(39)47/h3-37H,1-2H3. The molecule has 3 nitrogen and oxygen atoms in total. The Morgan fingerprint density at radius 1 is 0.391 bits per heavy atom. The molecule has 0 amide bonds. The van der Waals surface area contributed by atoms with Crippen molar-refractivity contribution in [1.82, 2.24) is 14.4 Å². The van der Waals surface area contributed by atoms with E-state index in [9.17, 15) is 0 Å². The summed E-state index contributed by atoms with van der Waals surface area (Å²) in [5, 5.41) is 10.1. The normalized spacial score (nSPS) is 13.0. The van der Waals surface area contributed by atoms with Gasteiger partial charge in [-0.15, -0.1) is 0 Å². The Morgan fingerprint density at radius 2 is 0.938 bits per heavy atom. The molecular formula is C61H41N3. The van der Waals surface area contributed by atoms with E-state index >= 15 is 0 Å². The Bertz CT molecular complexity index is 3850. The molecule has 2 aromatic heterocycles. The molecule has 300 valence electrons. The third-order valence-electron chi connectivity index (χ3n) is 13.9. The maximum atomic E-state index is 5.02. The average molecular weight is 816 g/mol. The first kappa shape index (κ1) is 36.5. The maximum absolute atomic E-state index is 5.02. The van der Waals surface area contributed by atoms with E-state index < -0.39 is 0 Å². The molecule has 12 aromatic rings. The van der Waals surface area contributed by atoms with E-state index in [1.165, 1.54) is 98.7 Å². The molecule has 1 aliphatic rings. The van der Waals surface area contributed by atoms with Crippen molar-refractivity contribution in [2.75, 3.05) is 0 Å². The summed E-state index contributed by atoms with van der Waals surface area (Å²) in [6, 6.07) is 73.7. The smallest absolute Gasteiger partial charge is 0.234 e. The van der Waals surface area contributed by atoms with Crippen LogP contribution in [0.2, 0.25) is 0 Å². The number of hydrogen-bond donors (Lipinski definition) is 0. The maximum Gasteiger partial charge on any atom is 0.234 e. The molecule has 64 heavy (non-hydrogen) atoms. The van der Waals surface area contributed by atoms with Crippen LogP contribution in [0, 0.1) is 0 Å². The van der Waals surface area contributed by atoms with Gasteiger partial charge in [0.15, 0.2) is 0 Å². The number of aromatic nitrogens is 3. The second-order valence-corrected chi connectivity index (χ2v) is 17.7. The number of fused-ring (bicyclic) bond motifs is 8. The first-order chi connectivity index (χ1) is 31.5. The number of imidazole rings is 1. The predicted molar refractivity (Wildman–Crippen MR) is 268 cm³/mol. The van der Waals surface area contributed by atoms with Gasteiger partial charge in [-0.1, -0.05) is 190 Å². The minimum Gasteiger partial charge on any atom is -0.283 e. The molecule has 1 aliphatic carbocycles. The zero-order valence-corrected chi connectivity index (χ0v) is 35.5. The van der Waals surface area contributed by atoms with Gasteiger partial charge < -0.3 is 0 Å². The Hall–Kier alpha value is -8.14. The molecule has 0 aliphatic heterocycles. The predicted octanol–water partition coefficient (Wildman–Crippen LogP) is 16.0. The summed E-state index contributed by atoms with van der Waals surface area (Å²) in [5.41, 5.74) is 16.7. The monoisotopic (exact) mass is 815 g/mol. The highest BCUT2D eigenvalue weighted by atomic mass is 15.1. The van der Waals surface area contributed by atoms with E-state index in [-0.39, 0.29) is 5.41 Å². The Kier molecular flexibility index (Phi) is 7.95. The van der Waals surface area contributed by atoms with E-state index in [4.69, 9.17) is 4.98 Å². The second-order valence-electron chi connectivity index (χ2n) is 17.7. The molecule has 0 spiro atoms. The van der Waals surface area contributed by atoms with Crippen LogP contribution in [0.4, 0.5) is 0 Å². The fourth-order valence-electron chi connectivity index (χ4n) is 10.8. The van der Waals surface area contributed by atoms with Crippen molar-refractivity contribution in [1.29, 1.82) is 0 Å². The van der Waals surface area contributed by atoms with Crippen LogP contribution < -0.4 is 0 Å². The van der Waals surface area contributed by atoms with Crippen LogP contribution in [-0.4, -0.2) is 14.4 Å². The highest BCUT2D eigenvalue weighted by molar-refractivity contribution is 6.26. The van der Waals surface area contributed by atoms with E-state index in [0.717, 1.165) is 22.5 Å². The van der Waals surface area contributed by atoms with Crippen molar-refractivity contribution in [2.45, 2.75) is 19.3 Å². The molecular weight excluding hydrogens is 775 g/mol. The Morgan fingerprint density at radius 3 is 1.61 bits per heavy atom. The average Bonchev–Trinajstić information content (AvgIpc) is 3.84. The van der Waals surface area contributed by atoms with Crippen LogP contribution in [0.1, 0.15) is 25.0 Å². The van der Waals surface area contributed by atoms with E-state index in [2.05, 4.69) is 211 Å².